The lowest BCUT2D eigenvalue weighted by molar-refractivity contribution is 0.0926. The van der Waals surface area contributed by atoms with Crippen molar-refractivity contribution in [3.63, 3.8) is 0 Å². The van der Waals surface area contributed by atoms with Gasteiger partial charge in [0.15, 0.2) is 0 Å². The van der Waals surface area contributed by atoms with Crippen LogP contribution in [0.3, 0.4) is 0 Å². The van der Waals surface area contributed by atoms with Crippen molar-refractivity contribution >= 4 is 32.7 Å². The van der Waals surface area contributed by atoms with Gasteiger partial charge >= 0.3 is 0 Å². The number of nitrogens with zero attached hydrogens (tertiary/aromatic N) is 2. The highest BCUT2D eigenvalue weighted by atomic mass is 79.9. The Morgan fingerprint density at radius 3 is 2.87 bits per heavy atom. The number of rotatable bonds is 1. The zero-order chi connectivity index (χ0) is 11.0. The Balaban J connectivity index is 2.81. The zero-order valence-corrected chi connectivity index (χ0v) is 10.2. The quantitative estimate of drug-likeness (QED) is 0.796. The predicted molar refractivity (Wildman–Crippen MR) is 63.1 cm³/mol. The Bertz CT molecular complexity index is 531. The van der Waals surface area contributed by atoms with Gasteiger partial charge < -0.3 is 0 Å². The van der Waals surface area contributed by atoms with Crippen LogP contribution in [-0.4, -0.2) is 15.7 Å². The number of carbonyl (C=O) groups is 1. The summed E-state index contributed by atoms with van der Waals surface area (Å²) in [6, 6.07) is 5.88. The molecule has 0 unspecified atom stereocenters. The van der Waals surface area contributed by atoms with Gasteiger partial charge in [-0.2, -0.15) is 5.10 Å². The Morgan fingerprint density at radius 2 is 2.27 bits per heavy atom. The van der Waals surface area contributed by atoms with E-state index in [1.54, 1.807) is 0 Å². The molecule has 2 rings (SSSR count). The summed E-state index contributed by atoms with van der Waals surface area (Å²) in [5.74, 6) is -0.0576. The summed E-state index contributed by atoms with van der Waals surface area (Å²) >= 11 is 3.39. The molecule has 0 aliphatic heterocycles. The molecule has 2 aromatic rings. The van der Waals surface area contributed by atoms with Crippen LogP contribution in [0.15, 0.2) is 22.7 Å². The molecule has 1 aromatic carbocycles. The third-order valence-electron chi connectivity index (χ3n) is 2.35. The first-order valence-corrected chi connectivity index (χ1v) is 5.61. The number of aromatic nitrogens is 2. The fourth-order valence-electron chi connectivity index (χ4n) is 1.65. The third-order valence-corrected chi connectivity index (χ3v) is 2.85. The van der Waals surface area contributed by atoms with Crippen molar-refractivity contribution in [2.24, 2.45) is 0 Å². The second-order valence-electron chi connectivity index (χ2n) is 3.39. The van der Waals surface area contributed by atoms with Crippen molar-refractivity contribution in [3.05, 3.63) is 28.4 Å². The van der Waals surface area contributed by atoms with E-state index in [4.69, 9.17) is 0 Å². The average molecular weight is 267 g/mol. The standard InChI is InChI=1S/C11H11BrN2O/c1-3-10-9-5-4-8(12)6-11(9)14(13-10)7(2)15/h4-6H,3H2,1-2H3. The topological polar surface area (TPSA) is 34.9 Å². The van der Waals surface area contributed by atoms with Crippen LogP contribution in [0.25, 0.3) is 10.9 Å². The summed E-state index contributed by atoms with van der Waals surface area (Å²) in [4.78, 5) is 11.4. The maximum Gasteiger partial charge on any atom is 0.244 e. The fourth-order valence-corrected chi connectivity index (χ4v) is 2.00. The lowest BCUT2D eigenvalue weighted by Crippen LogP contribution is -2.07. The van der Waals surface area contributed by atoms with Crippen LogP contribution in [0.1, 0.15) is 24.3 Å². The Hall–Kier alpha value is -1.16. The molecular formula is C11H11BrN2O. The SMILES string of the molecule is CCc1nn(C(C)=O)c2cc(Br)ccc12. The highest BCUT2D eigenvalue weighted by Crippen LogP contribution is 2.23. The minimum absolute atomic E-state index is 0.0576. The number of hydrogen-bond acceptors (Lipinski definition) is 2. The second kappa shape index (κ2) is 3.77. The summed E-state index contributed by atoms with van der Waals surface area (Å²) in [6.07, 6.45) is 0.832. The molecule has 0 aliphatic carbocycles. The average Bonchev–Trinajstić information content (AvgIpc) is 2.55. The van der Waals surface area contributed by atoms with Gasteiger partial charge in [-0.05, 0) is 24.6 Å². The molecule has 0 radical (unpaired) electrons. The van der Waals surface area contributed by atoms with Crippen LogP contribution in [0, 0.1) is 0 Å². The van der Waals surface area contributed by atoms with E-state index in [1.807, 2.05) is 25.1 Å². The molecule has 15 heavy (non-hydrogen) atoms. The van der Waals surface area contributed by atoms with Gasteiger partial charge in [-0.25, -0.2) is 4.68 Å². The van der Waals surface area contributed by atoms with Gasteiger partial charge in [-0.1, -0.05) is 22.9 Å². The van der Waals surface area contributed by atoms with Crippen molar-refractivity contribution in [3.8, 4) is 0 Å². The molecular weight excluding hydrogens is 256 g/mol. The molecule has 0 fully saturated rings. The summed E-state index contributed by atoms with van der Waals surface area (Å²) in [5.41, 5.74) is 1.83. The van der Waals surface area contributed by atoms with E-state index >= 15 is 0 Å². The van der Waals surface area contributed by atoms with E-state index in [9.17, 15) is 4.79 Å². The number of carbonyl (C=O) groups excluding carboxylic acids is 1. The van der Waals surface area contributed by atoms with Gasteiger partial charge in [0, 0.05) is 16.8 Å². The molecule has 1 heterocycles. The van der Waals surface area contributed by atoms with E-state index in [0.717, 1.165) is 27.5 Å². The van der Waals surface area contributed by atoms with Crippen LogP contribution >= 0.6 is 15.9 Å². The molecule has 0 saturated heterocycles. The van der Waals surface area contributed by atoms with Gasteiger partial charge in [0.2, 0.25) is 5.91 Å². The normalized spacial score (nSPS) is 10.9. The summed E-state index contributed by atoms with van der Waals surface area (Å²) in [7, 11) is 0. The number of benzene rings is 1. The molecule has 1 aromatic heterocycles. The van der Waals surface area contributed by atoms with Crippen molar-refractivity contribution in [1.82, 2.24) is 9.78 Å². The minimum atomic E-state index is -0.0576. The van der Waals surface area contributed by atoms with Crippen LogP contribution in [0.2, 0.25) is 0 Å². The van der Waals surface area contributed by atoms with Crippen LogP contribution in [0.4, 0.5) is 0 Å². The molecule has 0 aliphatic rings. The molecule has 0 N–H and O–H groups in total. The predicted octanol–water partition coefficient (Wildman–Crippen LogP) is 3.02. The highest BCUT2D eigenvalue weighted by molar-refractivity contribution is 9.10. The summed E-state index contributed by atoms with van der Waals surface area (Å²) in [5, 5.41) is 5.35. The van der Waals surface area contributed by atoms with Gasteiger partial charge in [0.1, 0.15) is 0 Å². The third kappa shape index (κ3) is 1.69. The second-order valence-corrected chi connectivity index (χ2v) is 4.31. The van der Waals surface area contributed by atoms with Crippen molar-refractivity contribution in [1.29, 1.82) is 0 Å². The van der Waals surface area contributed by atoms with Gasteiger partial charge in [-0.3, -0.25) is 4.79 Å². The van der Waals surface area contributed by atoms with Crippen LogP contribution in [0.5, 0.6) is 0 Å². The first kappa shape index (κ1) is 10.4. The molecule has 4 heteroatoms. The van der Waals surface area contributed by atoms with Crippen LogP contribution < -0.4 is 0 Å². The molecule has 78 valence electrons. The lowest BCUT2D eigenvalue weighted by Gasteiger charge is -1.96. The first-order valence-electron chi connectivity index (χ1n) is 4.81. The Morgan fingerprint density at radius 1 is 1.53 bits per heavy atom. The van der Waals surface area contributed by atoms with Gasteiger partial charge in [-0.15, -0.1) is 0 Å². The van der Waals surface area contributed by atoms with Crippen LogP contribution in [-0.2, 0) is 6.42 Å². The minimum Gasteiger partial charge on any atom is -0.273 e. The number of fused-ring (bicyclic) bond motifs is 1. The Labute approximate surface area is 96.2 Å². The monoisotopic (exact) mass is 266 g/mol. The Kier molecular flexibility index (Phi) is 2.61. The fraction of sp³-hybridized carbons (Fsp3) is 0.273. The van der Waals surface area contributed by atoms with E-state index in [0.29, 0.717) is 0 Å². The number of aryl methyl sites for hydroxylation is 1. The molecule has 0 saturated carbocycles. The van der Waals surface area contributed by atoms with Gasteiger partial charge in [0.05, 0.1) is 11.2 Å². The molecule has 0 spiro atoms. The number of halogens is 1. The summed E-state index contributed by atoms with van der Waals surface area (Å²) in [6.45, 7) is 3.56. The van der Waals surface area contributed by atoms with E-state index < -0.39 is 0 Å². The summed E-state index contributed by atoms with van der Waals surface area (Å²) < 4.78 is 2.42. The van der Waals surface area contributed by atoms with Crippen molar-refractivity contribution in [2.45, 2.75) is 20.3 Å². The van der Waals surface area contributed by atoms with Crippen molar-refractivity contribution < 1.29 is 4.79 Å². The highest BCUT2D eigenvalue weighted by Gasteiger charge is 2.11. The largest absolute Gasteiger partial charge is 0.273 e. The van der Waals surface area contributed by atoms with Gasteiger partial charge in [0.25, 0.3) is 0 Å². The maximum absolute atomic E-state index is 11.4. The smallest absolute Gasteiger partial charge is 0.244 e. The van der Waals surface area contributed by atoms with Crippen molar-refractivity contribution in [2.75, 3.05) is 0 Å². The molecule has 0 amide bonds. The zero-order valence-electron chi connectivity index (χ0n) is 8.62. The first-order chi connectivity index (χ1) is 7.13. The van der Waals surface area contributed by atoms with E-state index in [-0.39, 0.29) is 5.91 Å². The molecule has 0 atom stereocenters. The number of hydrogen-bond donors (Lipinski definition) is 0. The maximum atomic E-state index is 11.4. The van der Waals surface area contributed by atoms with E-state index in [1.165, 1.54) is 11.6 Å². The molecule has 0 bridgehead atoms. The lowest BCUT2D eigenvalue weighted by atomic mass is 10.2. The van der Waals surface area contributed by atoms with E-state index in [2.05, 4.69) is 21.0 Å². The molecule has 3 nitrogen and oxygen atoms in total.